The molecule has 2 saturated heterocycles. The van der Waals surface area contributed by atoms with Crippen molar-refractivity contribution >= 4 is 21.4 Å². The van der Waals surface area contributed by atoms with Gasteiger partial charge in [-0.3, -0.25) is 0 Å². The lowest BCUT2D eigenvalue weighted by molar-refractivity contribution is -0.0552. The van der Waals surface area contributed by atoms with Crippen molar-refractivity contribution in [3.63, 3.8) is 0 Å². The van der Waals surface area contributed by atoms with E-state index in [1.54, 1.807) is 12.1 Å². The summed E-state index contributed by atoms with van der Waals surface area (Å²) in [5, 5.41) is 13.8. The number of sulfonamides is 1. The van der Waals surface area contributed by atoms with Gasteiger partial charge >= 0.3 is 0 Å². The number of hydrogen-bond acceptors (Lipinski definition) is 7. The van der Waals surface area contributed by atoms with E-state index in [-0.39, 0.29) is 12.5 Å². The second-order valence-electron chi connectivity index (χ2n) is 7.17. The van der Waals surface area contributed by atoms with Crippen molar-refractivity contribution in [2.75, 3.05) is 32.9 Å². The van der Waals surface area contributed by atoms with Gasteiger partial charge in [-0.1, -0.05) is 5.16 Å². The maximum Gasteiger partial charge on any atom is 0.252 e. The second-order valence-corrected chi connectivity index (χ2v) is 10.4. The topological polar surface area (TPSA) is 92.9 Å². The maximum absolute atomic E-state index is 13.2. The molecule has 4 rings (SSSR count). The van der Waals surface area contributed by atoms with Crippen LogP contribution in [0.15, 0.2) is 20.9 Å². The number of fused-ring (bicyclic) bond motifs is 1. The van der Waals surface area contributed by atoms with Crippen LogP contribution in [0.2, 0.25) is 0 Å². The Labute approximate surface area is 156 Å². The molecule has 142 valence electrons. The van der Waals surface area contributed by atoms with Crippen LogP contribution in [0.5, 0.6) is 0 Å². The van der Waals surface area contributed by atoms with E-state index in [1.807, 2.05) is 13.8 Å². The second kappa shape index (κ2) is 6.42. The molecule has 2 aromatic heterocycles. The van der Waals surface area contributed by atoms with Gasteiger partial charge in [0.25, 0.3) is 10.0 Å². The summed E-state index contributed by atoms with van der Waals surface area (Å²) in [6, 6.07) is 3.45. The highest BCUT2D eigenvalue weighted by atomic mass is 32.2. The molecular formula is C17H22N2O5S2. The molecule has 2 atom stereocenters. The van der Waals surface area contributed by atoms with E-state index in [9.17, 15) is 13.5 Å². The molecule has 0 amide bonds. The molecule has 0 spiro atoms. The van der Waals surface area contributed by atoms with Gasteiger partial charge in [-0.05, 0) is 38.3 Å². The minimum absolute atomic E-state index is 0.0571. The quantitative estimate of drug-likeness (QED) is 0.847. The fourth-order valence-electron chi connectivity index (χ4n) is 4.01. The third-order valence-electron chi connectivity index (χ3n) is 5.55. The first kappa shape index (κ1) is 18.1. The lowest BCUT2D eigenvalue weighted by atomic mass is 9.76. The first-order chi connectivity index (χ1) is 12.4. The number of aliphatic hydroxyl groups excluding tert-OH is 1. The molecule has 0 unspecified atom stereocenters. The summed E-state index contributed by atoms with van der Waals surface area (Å²) < 4.78 is 38.9. The van der Waals surface area contributed by atoms with E-state index < -0.39 is 15.4 Å². The Bertz CT molecular complexity index is 900. The Hall–Kier alpha value is -1.26. The lowest BCUT2D eigenvalue weighted by Gasteiger charge is -2.36. The molecule has 0 bridgehead atoms. The van der Waals surface area contributed by atoms with Crippen molar-refractivity contribution in [1.82, 2.24) is 9.46 Å². The molecule has 0 saturated carbocycles. The van der Waals surface area contributed by atoms with Crippen LogP contribution in [-0.4, -0.2) is 55.9 Å². The van der Waals surface area contributed by atoms with Crippen molar-refractivity contribution in [3.05, 3.63) is 23.6 Å². The van der Waals surface area contributed by atoms with Crippen molar-refractivity contribution in [1.29, 1.82) is 0 Å². The van der Waals surface area contributed by atoms with Crippen molar-refractivity contribution in [2.45, 2.75) is 24.5 Å². The number of aliphatic hydroxyl groups is 1. The standard InChI is InChI=1S/C17H22N2O5S2/c1-11-16(12(2)24-18-11)14-3-4-15(25-14)26(21,22)19-7-13-5-6-23-10-17(13,8-19)9-20/h3-4,13,20H,5-10H2,1-2H3/t13-,17+/m0/s1. The largest absolute Gasteiger partial charge is 0.396 e. The Morgan fingerprint density at radius 2 is 2.23 bits per heavy atom. The van der Waals surface area contributed by atoms with Crippen LogP contribution in [0.25, 0.3) is 10.4 Å². The number of aryl methyl sites for hydroxylation is 2. The van der Waals surface area contributed by atoms with Crippen molar-refractivity contribution in [2.24, 2.45) is 11.3 Å². The van der Waals surface area contributed by atoms with Gasteiger partial charge in [-0.25, -0.2) is 8.42 Å². The highest BCUT2D eigenvalue weighted by Crippen LogP contribution is 2.44. The van der Waals surface area contributed by atoms with Crippen LogP contribution >= 0.6 is 11.3 Å². The lowest BCUT2D eigenvalue weighted by Crippen LogP contribution is -2.43. The average molecular weight is 399 g/mol. The first-order valence-electron chi connectivity index (χ1n) is 8.59. The van der Waals surface area contributed by atoms with Crippen LogP contribution < -0.4 is 0 Å². The molecule has 2 aliphatic heterocycles. The van der Waals surface area contributed by atoms with Gasteiger partial charge in [-0.15, -0.1) is 11.3 Å². The van der Waals surface area contributed by atoms with Gasteiger partial charge in [0.1, 0.15) is 9.97 Å². The highest BCUT2D eigenvalue weighted by Gasteiger charge is 2.51. The summed E-state index contributed by atoms with van der Waals surface area (Å²) in [6.07, 6.45) is 0.779. The van der Waals surface area contributed by atoms with Crippen LogP contribution in [0, 0.1) is 25.2 Å². The average Bonchev–Trinajstić information content (AvgIpc) is 3.32. The van der Waals surface area contributed by atoms with Crippen LogP contribution in [0.4, 0.5) is 0 Å². The Morgan fingerprint density at radius 1 is 1.42 bits per heavy atom. The maximum atomic E-state index is 13.2. The van der Waals surface area contributed by atoms with E-state index in [0.717, 1.165) is 22.6 Å². The Balaban J connectivity index is 1.64. The van der Waals surface area contributed by atoms with Crippen LogP contribution in [-0.2, 0) is 14.8 Å². The van der Waals surface area contributed by atoms with Crippen molar-refractivity contribution in [3.8, 4) is 10.4 Å². The van der Waals surface area contributed by atoms with E-state index in [1.165, 1.54) is 15.6 Å². The molecule has 26 heavy (non-hydrogen) atoms. The van der Waals surface area contributed by atoms with E-state index >= 15 is 0 Å². The van der Waals surface area contributed by atoms with Gasteiger partial charge < -0.3 is 14.4 Å². The minimum atomic E-state index is -3.61. The Kier molecular flexibility index (Phi) is 4.47. The number of aromatic nitrogens is 1. The molecule has 0 aromatic carbocycles. The molecular weight excluding hydrogens is 376 g/mol. The van der Waals surface area contributed by atoms with Gasteiger partial charge in [-0.2, -0.15) is 4.31 Å². The molecule has 0 aliphatic carbocycles. The molecule has 2 aliphatic rings. The van der Waals surface area contributed by atoms with Gasteiger partial charge in [0.15, 0.2) is 0 Å². The fraction of sp³-hybridized carbons (Fsp3) is 0.588. The number of nitrogens with zero attached hydrogens (tertiary/aromatic N) is 2. The Morgan fingerprint density at radius 3 is 2.88 bits per heavy atom. The third kappa shape index (κ3) is 2.73. The third-order valence-corrected chi connectivity index (χ3v) is 8.93. The number of hydrogen-bond donors (Lipinski definition) is 1. The zero-order valence-corrected chi connectivity index (χ0v) is 16.4. The number of thiophene rings is 1. The van der Waals surface area contributed by atoms with Crippen LogP contribution in [0.3, 0.4) is 0 Å². The molecule has 0 radical (unpaired) electrons. The fourth-order valence-corrected chi connectivity index (χ4v) is 7.20. The summed E-state index contributed by atoms with van der Waals surface area (Å²) in [5.74, 6) is 0.815. The zero-order chi connectivity index (χ0) is 18.5. The molecule has 2 aromatic rings. The predicted molar refractivity (Wildman–Crippen MR) is 96.5 cm³/mol. The first-order valence-corrected chi connectivity index (χ1v) is 10.8. The summed E-state index contributed by atoms with van der Waals surface area (Å²) >= 11 is 1.23. The SMILES string of the molecule is Cc1noc(C)c1-c1ccc(S(=O)(=O)N2C[C@@H]3CCOC[C@]3(CO)C2)s1. The van der Waals surface area contributed by atoms with E-state index in [2.05, 4.69) is 5.16 Å². The molecule has 1 N–H and O–H groups in total. The molecule has 2 fully saturated rings. The molecule has 9 heteroatoms. The number of ether oxygens (including phenoxy) is 1. The summed E-state index contributed by atoms with van der Waals surface area (Å²) in [6.45, 7) is 5.37. The highest BCUT2D eigenvalue weighted by molar-refractivity contribution is 7.91. The van der Waals surface area contributed by atoms with E-state index in [0.29, 0.717) is 36.3 Å². The van der Waals surface area contributed by atoms with Gasteiger partial charge in [0.05, 0.1) is 24.5 Å². The smallest absolute Gasteiger partial charge is 0.252 e. The van der Waals surface area contributed by atoms with Crippen molar-refractivity contribution < 1.29 is 22.8 Å². The monoisotopic (exact) mass is 398 g/mol. The zero-order valence-electron chi connectivity index (χ0n) is 14.8. The minimum Gasteiger partial charge on any atom is -0.396 e. The summed E-state index contributed by atoms with van der Waals surface area (Å²) in [5.41, 5.74) is 1.12. The van der Waals surface area contributed by atoms with Gasteiger partial charge in [0.2, 0.25) is 0 Å². The van der Waals surface area contributed by atoms with Gasteiger partial charge in [0, 0.05) is 30.0 Å². The van der Waals surface area contributed by atoms with Crippen LogP contribution in [0.1, 0.15) is 17.9 Å². The summed E-state index contributed by atoms with van der Waals surface area (Å²) in [7, 11) is -3.61. The summed E-state index contributed by atoms with van der Waals surface area (Å²) in [4.78, 5) is 0.830. The normalized spacial score (nSPS) is 27.0. The molecule has 7 nitrogen and oxygen atoms in total. The number of rotatable bonds is 4. The van der Waals surface area contributed by atoms with E-state index in [4.69, 9.17) is 9.26 Å². The molecule has 4 heterocycles. The predicted octanol–water partition coefficient (Wildman–Crippen LogP) is 2.04.